The Kier molecular flexibility index (Phi) is 6.83. The Morgan fingerprint density at radius 2 is 1.59 bits per heavy atom. The Balaban J connectivity index is 1.76. The van der Waals surface area contributed by atoms with Gasteiger partial charge in [-0.1, -0.05) is 61.9 Å². The van der Waals surface area contributed by atoms with Crippen molar-refractivity contribution in [2.24, 2.45) is 0 Å². The number of aryl methyl sites for hydroxylation is 1. The van der Waals surface area contributed by atoms with Gasteiger partial charge in [-0.25, -0.2) is 0 Å². The van der Waals surface area contributed by atoms with Gasteiger partial charge in [-0.05, 0) is 47.5 Å². The maximum Gasteiger partial charge on any atom is 0.251 e. The number of anilines is 1. The van der Waals surface area contributed by atoms with Crippen molar-refractivity contribution in [3.05, 3.63) is 87.6 Å². The minimum Gasteiger partial charge on any atom is -0.340 e. The third kappa shape index (κ3) is 5.78. The first-order chi connectivity index (χ1) is 13.9. The first kappa shape index (κ1) is 20.8. The van der Waals surface area contributed by atoms with Gasteiger partial charge >= 0.3 is 0 Å². The molecule has 0 bridgehead atoms. The topological polar surface area (TPSA) is 58.2 Å². The van der Waals surface area contributed by atoms with E-state index in [1.54, 1.807) is 0 Å². The molecule has 0 aliphatic heterocycles. The summed E-state index contributed by atoms with van der Waals surface area (Å²) < 4.78 is 0. The predicted molar refractivity (Wildman–Crippen MR) is 119 cm³/mol. The van der Waals surface area contributed by atoms with Crippen LogP contribution in [0.15, 0.2) is 66.0 Å². The standard InChI is InChI=1S/C24H26N2O2S/c1-16(2)18-10-12-20(13-11-18)25-24(28)23(19-8-6-17(3)7-9-19)26-22(27)15-21-5-4-14-29-21/h4-14,16,23H,15H2,1-3H3,(H,25,28)(H,26,27)/t23-/m0/s1. The maximum atomic E-state index is 13.0. The van der Waals surface area contributed by atoms with Gasteiger partial charge in [0.1, 0.15) is 6.04 Å². The Hall–Kier alpha value is -2.92. The number of hydrogen-bond acceptors (Lipinski definition) is 3. The van der Waals surface area contributed by atoms with Crippen molar-refractivity contribution in [1.82, 2.24) is 5.32 Å². The van der Waals surface area contributed by atoms with E-state index in [4.69, 9.17) is 0 Å². The zero-order valence-corrected chi connectivity index (χ0v) is 17.8. The van der Waals surface area contributed by atoms with Crippen LogP contribution in [0.1, 0.15) is 47.4 Å². The van der Waals surface area contributed by atoms with Gasteiger partial charge in [-0.15, -0.1) is 11.3 Å². The van der Waals surface area contributed by atoms with Crippen LogP contribution in [0.4, 0.5) is 5.69 Å². The molecule has 1 aromatic heterocycles. The lowest BCUT2D eigenvalue weighted by molar-refractivity contribution is -0.126. The van der Waals surface area contributed by atoms with Crippen LogP contribution in [-0.4, -0.2) is 11.8 Å². The number of benzene rings is 2. The van der Waals surface area contributed by atoms with Gasteiger partial charge in [0.2, 0.25) is 5.91 Å². The van der Waals surface area contributed by atoms with E-state index in [0.29, 0.717) is 11.6 Å². The summed E-state index contributed by atoms with van der Waals surface area (Å²) in [5.41, 5.74) is 3.78. The zero-order valence-electron chi connectivity index (χ0n) is 16.9. The average molecular weight is 407 g/mol. The molecular weight excluding hydrogens is 380 g/mol. The second-order valence-electron chi connectivity index (χ2n) is 7.43. The summed E-state index contributed by atoms with van der Waals surface area (Å²) in [7, 11) is 0. The van der Waals surface area contributed by atoms with Crippen LogP contribution in [0.25, 0.3) is 0 Å². The number of hydrogen-bond donors (Lipinski definition) is 2. The molecule has 0 saturated carbocycles. The quantitative estimate of drug-likeness (QED) is 0.565. The van der Waals surface area contributed by atoms with Gasteiger partial charge in [0.15, 0.2) is 0 Å². The van der Waals surface area contributed by atoms with Gasteiger partial charge in [0.25, 0.3) is 5.91 Å². The second-order valence-corrected chi connectivity index (χ2v) is 8.47. The van der Waals surface area contributed by atoms with E-state index in [2.05, 4.69) is 24.5 Å². The van der Waals surface area contributed by atoms with Gasteiger partial charge in [-0.2, -0.15) is 0 Å². The first-order valence-corrected chi connectivity index (χ1v) is 10.6. The number of thiophene rings is 1. The van der Waals surface area contributed by atoms with Crippen molar-refractivity contribution >= 4 is 28.8 Å². The van der Waals surface area contributed by atoms with E-state index in [1.165, 1.54) is 16.9 Å². The van der Waals surface area contributed by atoms with Crippen molar-refractivity contribution in [3.8, 4) is 0 Å². The summed E-state index contributed by atoms with van der Waals surface area (Å²) in [6.45, 7) is 6.25. The molecule has 29 heavy (non-hydrogen) atoms. The molecule has 0 aliphatic carbocycles. The van der Waals surface area contributed by atoms with Crippen molar-refractivity contribution < 1.29 is 9.59 Å². The predicted octanol–water partition coefficient (Wildman–Crippen LogP) is 5.22. The summed E-state index contributed by atoms with van der Waals surface area (Å²) >= 11 is 1.53. The normalized spacial score (nSPS) is 11.9. The van der Waals surface area contributed by atoms with E-state index < -0.39 is 6.04 Å². The van der Waals surface area contributed by atoms with E-state index in [1.807, 2.05) is 73.0 Å². The molecule has 0 unspecified atom stereocenters. The molecule has 5 heteroatoms. The number of nitrogens with one attached hydrogen (secondary N) is 2. The SMILES string of the molecule is Cc1ccc([C@H](NC(=O)Cc2cccs2)C(=O)Nc2ccc(C(C)C)cc2)cc1. The third-order valence-electron chi connectivity index (χ3n) is 4.74. The molecular formula is C24H26N2O2S. The van der Waals surface area contributed by atoms with Gasteiger partial charge in [0.05, 0.1) is 6.42 Å². The zero-order chi connectivity index (χ0) is 20.8. The molecule has 0 saturated heterocycles. The van der Waals surface area contributed by atoms with E-state index in [9.17, 15) is 9.59 Å². The van der Waals surface area contributed by atoms with Gasteiger partial charge < -0.3 is 10.6 Å². The van der Waals surface area contributed by atoms with Crippen molar-refractivity contribution in [3.63, 3.8) is 0 Å². The molecule has 150 valence electrons. The van der Waals surface area contributed by atoms with E-state index in [-0.39, 0.29) is 18.2 Å². The lowest BCUT2D eigenvalue weighted by atomic mass is 10.0. The molecule has 2 amide bonds. The molecule has 4 nitrogen and oxygen atoms in total. The maximum absolute atomic E-state index is 13.0. The van der Waals surface area contributed by atoms with Crippen LogP contribution >= 0.6 is 11.3 Å². The lowest BCUT2D eigenvalue weighted by Crippen LogP contribution is -2.37. The van der Waals surface area contributed by atoms with Gasteiger partial charge in [0, 0.05) is 10.6 Å². The van der Waals surface area contributed by atoms with Crippen LogP contribution in [0.5, 0.6) is 0 Å². The summed E-state index contributed by atoms with van der Waals surface area (Å²) in [4.78, 5) is 26.6. The first-order valence-electron chi connectivity index (χ1n) is 9.71. The van der Waals surface area contributed by atoms with Crippen LogP contribution in [0.3, 0.4) is 0 Å². The summed E-state index contributed by atoms with van der Waals surface area (Å²) in [6, 6.07) is 18.5. The highest BCUT2D eigenvalue weighted by Crippen LogP contribution is 2.20. The van der Waals surface area contributed by atoms with Crippen molar-refractivity contribution in [2.75, 3.05) is 5.32 Å². The smallest absolute Gasteiger partial charge is 0.251 e. The van der Waals surface area contributed by atoms with Crippen LogP contribution in [0, 0.1) is 6.92 Å². The molecule has 1 atom stereocenters. The molecule has 3 aromatic rings. The number of carbonyl (C=O) groups is 2. The minimum atomic E-state index is -0.757. The van der Waals surface area contributed by atoms with Crippen LogP contribution in [-0.2, 0) is 16.0 Å². The largest absolute Gasteiger partial charge is 0.340 e. The minimum absolute atomic E-state index is 0.177. The monoisotopic (exact) mass is 406 g/mol. The van der Waals surface area contributed by atoms with Crippen LogP contribution in [0.2, 0.25) is 0 Å². The Labute approximate surface area is 176 Å². The average Bonchev–Trinajstić information content (AvgIpc) is 3.20. The fourth-order valence-electron chi connectivity index (χ4n) is 3.01. The Morgan fingerprint density at radius 3 is 2.17 bits per heavy atom. The van der Waals surface area contributed by atoms with Gasteiger partial charge in [-0.3, -0.25) is 9.59 Å². The fraction of sp³-hybridized carbons (Fsp3) is 0.250. The van der Waals surface area contributed by atoms with Crippen molar-refractivity contribution in [1.29, 1.82) is 0 Å². The number of amides is 2. The molecule has 2 N–H and O–H groups in total. The van der Waals surface area contributed by atoms with E-state index >= 15 is 0 Å². The summed E-state index contributed by atoms with van der Waals surface area (Å²) in [6.07, 6.45) is 0.260. The molecule has 1 heterocycles. The van der Waals surface area contributed by atoms with E-state index in [0.717, 1.165) is 16.0 Å². The molecule has 0 radical (unpaired) electrons. The highest BCUT2D eigenvalue weighted by molar-refractivity contribution is 7.10. The summed E-state index contributed by atoms with van der Waals surface area (Å²) in [5.74, 6) is -0.00870. The molecule has 0 fully saturated rings. The van der Waals surface area contributed by atoms with Crippen LogP contribution < -0.4 is 10.6 Å². The number of carbonyl (C=O) groups excluding carboxylic acids is 2. The summed E-state index contributed by atoms with van der Waals surface area (Å²) in [5, 5.41) is 7.77. The highest BCUT2D eigenvalue weighted by Gasteiger charge is 2.23. The lowest BCUT2D eigenvalue weighted by Gasteiger charge is -2.19. The molecule has 2 aromatic carbocycles. The number of rotatable bonds is 7. The Bertz CT molecular complexity index is 946. The fourth-order valence-corrected chi connectivity index (χ4v) is 3.71. The second kappa shape index (κ2) is 9.52. The molecule has 0 spiro atoms. The third-order valence-corrected chi connectivity index (χ3v) is 5.61. The highest BCUT2D eigenvalue weighted by atomic mass is 32.1. The Morgan fingerprint density at radius 1 is 0.931 bits per heavy atom. The van der Waals surface area contributed by atoms with Crippen molar-refractivity contribution in [2.45, 2.75) is 39.2 Å². The molecule has 3 rings (SSSR count). The molecule has 0 aliphatic rings.